The Morgan fingerprint density at radius 2 is 2.08 bits per heavy atom. The largest absolute Gasteiger partial charge is 0.207 e. The molecule has 0 nitrogen and oxygen atoms in total. The molecule has 0 heterocycles. The van der Waals surface area contributed by atoms with Crippen LogP contribution in [0, 0.1) is 11.7 Å². The summed E-state index contributed by atoms with van der Waals surface area (Å²) >= 11 is 0. The Labute approximate surface area is 78.8 Å². The molecule has 1 aromatic carbocycles. The van der Waals surface area contributed by atoms with Crippen LogP contribution >= 0.6 is 0 Å². The summed E-state index contributed by atoms with van der Waals surface area (Å²) in [6.45, 7) is 4.51. The van der Waals surface area contributed by atoms with Crippen LogP contribution in [0.15, 0.2) is 18.2 Å². The Bertz CT molecular complexity index is 317. The monoisotopic (exact) mass is 178 g/mol. The van der Waals surface area contributed by atoms with Crippen molar-refractivity contribution >= 4 is 0 Å². The predicted octanol–water partition coefficient (Wildman–Crippen LogP) is 3.51. The molecule has 0 spiro atoms. The van der Waals surface area contributed by atoms with Gasteiger partial charge in [0.25, 0.3) is 0 Å². The van der Waals surface area contributed by atoms with Gasteiger partial charge in [0.2, 0.25) is 0 Å². The molecule has 1 aliphatic carbocycles. The molecule has 70 valence electrons. The van der Waals surface area contributed by atoms with Crippen LogP contribution in [0.5, 0.6) is 0 Å². The molecule has 0 amide bonds. The first-order chi connectivity index (χ1) is 6.18. The number of fused-ring (bicyclic) bond motifs is 1. The second-order valence-corrected chi connectivity index (χ2v) is 4.15. The van der Waals surface area contributed by atoms with Gasteiger partial charge in [0.05, 0.1) is 0 Å². The maximum absolute atomic E-state index is 12.9. The van der Waals surface area contributed by atoms with Crippen LogP contribution in [0.1, 0.15) is 37.3 Å². The number of halogens is 1. The van der Waals surface area contributed by atoms with Gasteiger partial charge >= 0.3 is 0 Å². The number of hydrogen-bond acceptors (Lipinski definition) is 0. The van der Waals surface area contributed by atoms with Crippen LogP contribution < -0.4 is 0 Å². The Balaban J connectivity index is 2.44. The molecule has 0 saturated carbocycles. The minimum atomic E-state index is -0.0968. The van der Waals surface area contributed by atoms with Crippen LogP contribution in [0.3, 0.4) is 0 Å². The highest BCUT2D eigenvalue weighted by Crippen LogP contribution is 2.35. The maximum atomic E-state index is 12.9. The summed E-state index contributed by atoms with van der Waals surface area (Å²) in [5.41, 5.74) is 2.56. The Hall–Kier alpha value is -0.850. The number of benzene rings is 1. The quantitative estimate of drug-likeness (QED) is 0.570. The Morgan fingerprint density at radius 3 is 2.85 bits per heavy atom. The second kappa shape index (κ2) is 3.13. The molecule has 0 radical (unpaired) electrons. The summed E-state index contributed by atoms with van der Waals surface area (Å²) in [5.74, 6) is 1.22. The number of aryl methyl sites for hydroxylation is 1. The molecule has 0 aromatic heterocycles. The fraction of sp³-hybridized carbons (Fsp3) is 0.500. The summed E-state index contributed by atoms with van der Waals surface area (Å²) in [5, 5.41) is 0. The molecule has 0 aliphatic heterocycles. The van der Waals surface area contributed by atoms with Gasteiger partial charge in [0.1, 0.15) is 5.82 Å². The van der Waals surface area contributed by atoms with Crippen LogP contribution in [0.2, 0.25) is 0 Å². The summed E-state index contributed by atoms with van der Waals surface area (Å²) in [6.07, 6.45) is 2.23. The molecule has 0 bridgehead atoms. The van der Waals surface area contributed by atoms with Crippen molar-refractivity contribution in [3.63, 3.8) is 0 Å². The lowest BCUT2D eigenvalue weighted by molar-refractivity contribution is 0.424. The zero-order valence-corrected chi connectivity index (χ0v) is 8.18. The van der Waals surface area contributed by atoms with Gasteiger partial charge in [0, 0.05) is 0 Å². The van der Waals surface area contributed by atoms with Gasteiger partial charge in [-0.1, -0.05) is 19.9 Å². The molecule has 1 aliphatic rings. The average molecular weight is 178 g/mol. The summed E-state index contributed by atoms with van der Waals surface area (Å²) in [6, 6.07) is 5.22. The minimum absolute atomic E-state index is 0.0968. The third-order valence-electron chi connectivity index (χ3n) is 3.32. The van der Waals surface area contributed by atoms with Crippen molar-refractivity contribution < 1.29 is 4.39 Å². The van der Waals surface area contributed by atoms with Crippen molar-refractivity contribution in [3.05, 3.63) is 35.1 Å². The SMILES string of the molecule is CC1c2ccc(F)cc2CC[C@@H]1C. The molecule has 0 saturated heterocycles. The lowest BCUT2D eigenvalue weighted by Crippen LogP contribution is -2.15. The second-order valence-electron chi connectivity index (χ2n) is 4.15. The molecular weight excluding hydrogens is 163 g/mol. The third-order valence-corrected chi connectivity index (χ3v) is 3.32. The first-order valence-corrected chi connectivity index (χ1v) is 4.97. The smallest absolute Gasteiger partial charge is 0.123 e. The van der Waals surface area contributed by atoms with Crippen molar-refractivity contribution in [1.82, 2.24) is 0 Å². The van der Waals surface area contributed by atoms with E-state index in [1.165, 1.54) is 17.5 Å². The van der Waals surface area contributed by atoms with Crippen LogP contribution in [-0.4, -0.2) is 0 Å². The molecule has 0 N–H and O–H groups in total. The summed E-state index contributed by atoms with van der Waals surface area (Å²) in [4.78, 5) is 0. The Morgan fingerprint density at radius 1 is 1.31 bits per heavy atom. The molecule has 2 atom stereocenters. The van der Waals surface area contributed by atoms with E-state index in [2.05, 4.69) is 13.8 Å². The van der Waals surface area contributed by atoms with Gasteiger partial charge in [-0.25, -0.2) is 4.39 Å². The van der Waals surface area contributed by atoms with Crippen molar-refractivity contribution in [2.45, 2.75) is 32.6 Å². The average Bonchev–Trinajstić information content (AvgIpc) is 2.12. The summed E-state index contributed by atoms with van der Waals surface area (Å²) < 4.78 is 12.9. The van der Waals surface area contributed by atoms with Crippen molar-refractivity contribution in [2.24, 2.45) is 5.92 Å². The van der Waals surface area contributed by atoms with Crippen LogP contribution in [-0.2, 0) is 6.42 Å². The molecule has 13 heavy (non-hydrogen) atoms. The minimum Gasteiger partial charge on any atom is -0.207 e. The maximum Gasteiger partial charge on any atom is 0.123 e. The zero-order chi connectivity index (χ0) is 9.42. The van der Waals surface area contributed by atoms with Gasteiger partial charge < -0.3 is 0 Å². The normalized spacial score (nSPS) is 27.0. The highest BCUT2D eigenvalue weighted by Gasteiger charge is 2.22. The van der Waals surface area contributed by atoms with Crippen molar-refractivity contribution in [2.75, 3.05) is 0 Å². The van der Waals surface area contributed by atoms with E-state index in [0.717, 1.165) is 12.3 Å². The van der Waals surface area contributed by atoms with Crippen molar-refractivity contribution in [1.29, 1.82) is 0 Å². The van der Waals surface area contributed by atoms with E-state index in [9.17, 15) is 4.39 Å². The van der Waals surface area contributed by atoms with E-state index in [-0.39, 0.29) is 5.82 Å². The lowest BCUT2D eigenvalue weighted by Gasteiger charge is -2.28. The fourth-order valence-corrected chi connectivity index (χ4v) is 2.17. The summed E-state index contributed by atoms with van der Waals surface area (Å²) in [7, 11) is 0. The van der Waals surface area contributed by atoms with E-state index in [4.69, 9.17) is 0 Å². The first kappa shape index (κ1) is 8.74. The molecule has 1 unspecified atom stereocenters. The fourth-order valence-electron chi connectivity index (χ4n) is 2.17. The first-order valence-electron chi connectivity index (χ1n) is 4.97. The van der Waals surface area contributed by atoms with E-state index < -0.39 is 0 Å². The van der Waals surface area contributed by atoms with E-state index in [1.54, 1.807) is 12.1 Å². The molecule has 0 fully saturated rings. The molecule has 2 rings (SSSR count). The highest BCUT2D eigenvalue weighted by atomic mass is 19.1. The molecular formula is C12H15F. The molecule has 1 aromatic rings. The highest BCUT2D eigenvalue weighted by molar-refractivity contribution is 5.33. The lowest BCUT2D eigenvalue weighted by atomic mass is 9.77. The predicted molar refractivity (Wildman–Crippen MR) is 52.3 cm³/mol. The zero-order valence-electron chi connectivity index (χ0n) is 8.18. The third kappa shape index (κ3) is 1.48. The number of rotatable bonds is 0. The van der Waals surface area contributed by atoms with E-state index in [0.29, 0.717) is 5.92 Å². The van der Waals surface area contributed by atoms with Crippen LogP contribution in [0.4, 0.5) is 4.39 Å². The number of hydrogen-bond donors (Lipinski definition) is 0. The van der Waals surface area contributed by atoms with E-state index >= 15 is 0 Å². The van der Waals surface area contributed by atoms with Crippen LogP contribution in [0.25, 0.3) is 0 Å². The van der Waals surface area contributed by atoms with Gasteiger partial charge in [-0.2, -0.15) is 0 Å². The molecule has 1 heteroatoms. The van der Waals surface area contributed by atoms with Crippen molar-refractivity contribution in [3.8, 4) is 0 Å². The topological polar surface area (TPSA) is 0 Å². The van der Waals surface area contributed by atoms with Gasteiger partial charge in [0.15, 0.2) is 0 Å². The standard InChI is InChI=1S/C12H15F/c1-8-3-4-10-7-11(13)5-6-12(10)9(8)2/h5-9H,3-4H2,1-2H3/t8-,9?/m0/s1. The Kier molecular flexibility index (Phi) is 2.10. The van der Waals surface area contributed by atoms with E-state index in [1.807, 2.05) is 6.07 Å². The van der Waals surface area contributed by atoms with Gasteiger partial charge in [-0.3, -0.25) is 0 Å². The van der Waals surface area contributed by atoms with Gasteiger partial charge in [-0.05, 0) is 47.9 Å². The van der Waals surface area contributed by atoms with Gasteiger partial charge in [-0.15, -0.1) is 0 Å².